The van der Waals surface area contributed by atoms with E-state index in [2.05, 4.69) is 15.9 Å². The van der Waals surface area contributed by atoms with Gasteiger partial charge in [-0.3, -0.25) is 4.79 Å². The van der Waals surface area contributed by atoms with E-state index >= 15 is 0 Å². The molecule has 0 aromatic heterocycles. The summed E-state index contributed by atoms with van der Waals surface area (Å²) in [7, 11) is 0. The molecule has 0 bridgehead atoms. The average Bonchev–Trinajstić information content (AvgIpc) is 2.45. The standard InChI is InChI=1S/C17H17BrFNO/c18-10-11-20(12-4-3-5-12)17(21)15-8-9-16(19)14-7-2-1-6-13(14)15/h1-2,6-9,12H,3-5,10-11H2. The Labute approximate surface area is 132 Å². The highest BCUT2D eigenvalue weighted by atomic mass is 79.9. The third-order valence-corrected chi connectivity index (χ3v) is 4.56. The monoisotopic (exact) mass is 349 g/mol. The minimum atomic E-state index is -0.280. The third kappa shape index (κ3) is 2.69. The number of hydrogen-bond acceptors (Lipinski definition) is 1. The van der Waals surface area contributed by atoms with Crippen LogP contribution in [0.15, 0.2) is 36.4 Å². The van der Waals surface area contributed by atoms with E-state index in [0.29, 0.717) is 28.9 Å². The fourth-order valence-corrected chi connectivity index (χ4v) is 3.22. The Bertz CT molecular complexity index is 669. The van der Waals surface area contributed by atoms with E-state index in [9.17, 15) is 9.18 Å². The molecule has 2 nitrogen and oxygen atoms in total. The molecule has 1 fully saturated rings. The Hall–Kier alpha value is -1.42. The van der Waals surface area contributed by atoms with Crippen molar-refractivity contribution in [2.45, 2.75) is 25.3 Å². The maximum atomic E-state index is 13.9. The van der Waals surface area contributed by atoms with E-state index in [0.717, 1.165) is 18.2 Å². The van der Waals surface area contributed by atoms with E-state index in [1.807, 2.05) is 17.0 Å². The molecule has 21 heavy (non-hydrogen) atoms. The molecule has 3 rings (SSSR count). The lowest BCUT2D eigenvalue weighted by Gasteiger charge is -2.37. The Morgan fingerprint density at radius 3 is 2.52 bits per heavy atom. The van der Waals surface area contributed by atoms with E-state index in [1.54, 1.807) is 18.2 Å². The highest BCUT2D eigenvalue weighted by Gasteiger charge is 2.29. The van der Waals surface area contributed by atoms with E-state index < -0.39 is 0 Å². The van der Waals surface area contributed by atoms with Crippen molar-refractivity contribution in [2.75, 3.05) is 11.9 Å². The van der Waals surface area contributed by atoms with Crippen LogP contribution in [-0.4, -0.2) is 28.7 Å². The summed E-state index contributed by atoms with van der Waals surface area (Å²) in [6, 6.07) is 10.5. The van der Waals surface area contributed by atoms with Crippen LogP contribution in [0.5, 0.6) is 0 Å². The first kappa shape index (κ1) is 14.5. The highest BCUT2D eigenvalue weighted by Crippen LogP contribution is 2.29. The summed E-state index contributed by atoms with van der Waals surface area (Å²) in [5, 5.41) is 1.96. The molecule has 2 aromatic carbocycles. The Balaban J connectivity index is 2.02. The number of benzene rings is 2. The van der Waals surface area contributed by atoms with Gasteiger partial charge >= 0.3 is 0 Å². The van der Waals surface area contributed by atoms with Gasteiger partial charge < -0.3 is 4.90 Å². The molecule has 1 saturated carbocycles. The van der Waals surface area contributed by atoms with Crippen molar-refractivity contribution in [2.24, 2.45) is 0 Å². The SMILES string of the molecule is O=C(c1ccc(F)c2ccccc12)N(CCBr)C1CCC1. The van der Waals surface area contributed by atoms with Crippen molar-refractivity contribution in [3.8, 4) is 0 Å². The van der Waals surface area contributed by atoms with Gasteiger partial charge in [0.2, 0.25) is 0 Å². The van der Waals surface area contributed by atoms with Crippen LogP contribution in [0.2, 0.25) is 0 Å². The van der Waals surface area contributed by atoms with E-state index in [-0.39, 0.29) is 11.7 Å². The van der Waals surface area contributed by atoms with Gasteiger partial charge in [0.05, 0.1) is 0 Å². The lowest BCUT2D eigenvalue weighted by atomic mass is 9.90. The van der Waals surface area contributed by atoms with Crippen LogP contribution < -0.4 is 0 Å². The van der Waals surface area contributed by atoms with E-state index in [1.165, 1.54) is 12.5 Å². The summed E-state index contributed by atoms with van der Waals surface area (Å²) in [6.45, 7) is 0.690. The molecule has 0 heterocycles. The molecule has 0 atom stereocenters. The molecule has 1 aliphatic carbocycles. The fourth-order valence-electron chi connectivity index (χ4n) is 2.84. The summed E-state index contributed by atoms with van der Waals surface area (Å²) in [4.78, 5) is 14.8. The molecular weight excluding hydrogens is 333 g/mol. The van der Waals surface area contributed by atoms with Gasteiger partial charge in [0, 0.05) is 28.9 Å². The van der Waals surface area contributed by atoms with Crippen LogP contribution in [0.1, 0.15) is 29.6 Å². The topological polar surface area (TPSA) is 20.3 Å². The summed E-state index contributed by atoms with van der Waals surface area (Å²) >= 11 is 3.42. The minimum Gasteiger partial charge on any atom is -0.335 e. The van der Waals surface area contributed by atoms with Crippen LogP contribution in [0, 0.1) is 5.82 Å². The second kappa shape index (κ2) is 6.14. The van der Waals surface area contributed by atoms with Gasteiger partial charge in [-0.25, -0.2) is 4.39 Å². The number of halogens is 2. The van der Waals surface area contributed by atoms with Crippen molar-refractivity contribution in [3.05, 3.63) is 47.8 Å². The van der Waals surface area contributed by atoms with Gasteiger partial charge in [-0.2, -0.15) is 0 Å². The molecule has 0 N–H and O–H groups in total. The third-order valence-electron chi connectivity index (χ3n) is 4.20. The molecule has 1 amide bonds. The fraction of sp³-hybridized carbons (Fsp3) is 0.353. The van der Waals surface area contributed by atoms with Crippen molar-refractivity contribution >= 4 is 32.6 Å². The number of carbonyl (C=O) groups excluding carboxylic acids is 1. The first-order chi connectivity index (χ1) is 10.2. The van der Waals surface area contributed by atoms with E-state index in [4.69, 9.17) is 0 Å². The number of nitrogens with zero attached hydrogens (tertiary/aromatic N) is 1. The Morgan fingerprint density at radius 1 is 1.19 bits per heavy atom. The van der Waals surface area contributed by atoms with Crippen molar-refractivity contribution in [1.29, 1.82) is 0 Å². The number of amides is 1. The summed E-state index contributed by atoms with van der Waals surface area (Å²) < 4.78 is 13.9. The van der Waals surface area contributed by atoms with Gasteiger partial charge in [0.25, 0.3) is 5.91 Å². The number of fused-ring (bicyclic) bond motifs is 1. The summed E-state index contributed by atoms with van der Waals surface area (Å²) in [5.74, 6) is -0.270. The van der Waals surface area contributed by atoms with Crippen LogP contribution in [-0.2, 0) is 0 Å². The number of carbonyl (C=O) groups is 1. The van der Waals surface area contributed by atoms with Crippen LogP contribution in [0.25, 0.3) is 10.8 Å². The number of hydrogen-bond donors (Lipinski definition) is 0. The quantitative estimate of drug-likeness (QED) is 0.750. The molecule has 0 aliphatic heterocycles. The summed E-state index contributed by atoms with van der Waals surface area (Å²) in [5.41, 5.74) is 0.597. The minimum absolute atomic E-state index is 0.00958. The largest absolute Gasteiger partial charge is 0.335 e. The zero-order valence-electron chi connectivity index (χ0n) is 11.7. The van der Waals surface area contributed by atoms with Gasteiger partial charge in [0.1, 0.15) is 5.82 Å². The highest BCUT2D eigenvalue weighted by molar-refractivity contribution is 9.09. The van der Waals surface area contributed by atoms with Crippen LogP contribution in [0.3, 0.4) is 0 Å². The van der Waals surface area contributed by atoms with Crippen molar-refractivity contribution in [1.82, 2.24) is 4.90 Å². The lowest BCUT2D eigenvalue weighted by Crippen LogP contribution is -2.45. The molecule has 2 aromatic rings. The second-order valence-electron chi connectivity index (χ2n) is 5.41. The van der Waals surface area contributed by atoms with Gasteiger partial charge in [0.15, 0.2) is 0 Å². The first-order valence-electron chi connectivity index (χ1n) is 7.26. The van der Waals surface area contributed by atoms with Crippen LogP contribution >= 0.6 is 15.9 Å². The predicted octanol–water partition coefficient (Wildman–Crippen LogP) is 4.37. The molecule has 0 saturated heterocycles. The van der Waals surface area contributed by atoms with Gasteiger partial charge in [-0.1, -0.05) is 40.2 Å². The lowest BCUT2D eigenvalue weighted by molar-refractivity contribution is 0.0601. The Morgan fingerprint density at radius 2 is 1.90 bits per heavy atom. The zero-order valence-corrected chi connectivity index (χ0v) is 13.3. The van der Waals surface area contributed by atoms with Gasteiger partial charge in [-0.15, -0.1) is 0 Å². The second-order valence-corrected chi connectivity index (χ2v) is 6.21. The maximum absolute atomic E-state index is 13.9. The first-order valence-corrected chi connectivity index (χ1v) is 8.38. The van der Waals surface area contributed by atoms with Crippen LogP contribution in [0.4, 0.5) is 4.39 Å². The van der Waals surface area contributed by atoms with Crippen molar-refractivity contribution < 1.29 is 9.18 Å². The van der Waals surface area contributed by atoms with Gasteiger partial charge in [-0.05, 0) is 36.8 Å². The molecule has 4 heteroatoms. The number of alkyl halides is 1. The summed E-state index contributed by atoms with van der Waals surface area (Å²) in [6.07, 6.45) is 3.32. The average molecular weight is 350 g/mol. The molecule has 0 unspecified atom stereocenters. The maximum Gasteiger partial charge on any atom is 0.254 e. The molecule has 1 aliphatic rings. The van der Waals surface area contributed by atoms with Crippen molar-refractivity contribution in [3.63, 3.8) is 0 Å². The smallest absolute Gasteiger partial charge is 0.254 e. The molecule has 0 spiro atoms. The predicted molar refractivity (Wildman–Crippen MR) is 86.4 cm³/mol. The zero-order chi connectivity index (χ0) is 14.8. The molecule has 0 radical (unpaired) electrons. The number of rotatable bonds is 4. The molecule has 110 valence electrons. The Kier molecular flexibility index (Phi) is 4.24. The normalized spacial score (nSPS) is 15.0. The molecular formula is C17H17BrFNO.